The van der Waals surface area contributed by atoms with Gasteiger partial charge in [0.2, 0.25) is 5.91 Å². The number of hydrogen-bond acceptors (Lipinski definition) is 4. The molecule has 0 aromatic heterocycles. The van der Waals surface area contributed by atoms with Crippen LogP contribution in [0.3, 0.4) is 0 Å². The summed E-state index contributed by atoms with van der Waals surface area (Å²) >= 11 is 0. The summed E-state index contributed by atoms with van der Waals surface area (Å²) in [6.45, 7) is 2.48. The Hall–Kier alpha value is -3.28. The Morgan fingerprint density at radius 2 is 1.88 bits per heavy atom. The van der Waals surface area contributed by atoms with E-state index in [1.807, 2.05) is 19.1 Å². The summed E-state index contributed by atoms with van der Waals surface area (Å²) in [7, 11) is 0. The smallest absolute Gasteiger partial charge is 0.335 e. The lowest BCUT2D eigenvalue weighted by molar-refractivity contribution is -0.111. The van der Waals surface area contributed by atoms with Crippen LogP contribution in [0.15, 0.2) is 48.5 Å². The summed E-state index contributed by atoms with van der Waals surface area (Å²) in [6, 6.07) is 10.9. The maximum Gasteiger partial charge on any atom is 0.335 e. The molecule has 0 unspecified atom stereocenters. The van der Waals surface area contributed by atoms with Crippen molar-refractivity contribution in [2.45, 2.75) is 6.92 Å². The van der Waals surface area contributed by atoms with Crippen molar-refractivity contribution in [2.75, 3.05) is 11.9 Å². The van der Waals surface area contributed by atoms with E-state index in [9.17, 15) is 14.7 Å². The van der Waals surface area contributed by atoms with Crippen LogP contribution >= 0.6 is 0 Å². The van der Waals surface area contributed by atoms with Crippen LogP contribution in [0.25, 0.3) is 6.08 Å². The van der Waals surface area contributed by atoms with Gasteiger partial charge in [0.15, 0.2) is 0 Å². The number of phenols is 1. The van der Waals surface area contributed by atoms with Crippen LogP contribution in [-0.4, -0.2) is 28.7 Å². The fourth-order valence-corrected chi connectivity index (χ4v) is 1.96. The Balaban J connectivity index is 2.01. The molecular formula is C18H17NO5. The van der Waals surface area contributed by atoms with Crippen LogP contribution in [0, 0.1) is 0 Å². The number of carbonyl (C=O) groups excluding carboxylic acids is 1. The fraction of sp³-hybridized carbons (Fsp3) is 0.111. The number of carbonyl (C=O) groups is 2. The number of carboxylic acid groups (broad SMARTS) is 1. The van der Waals surface area contributed by atoms with Gasteiger partial charge in [-0.25, -0.2) is 4.79 Å². The molecule has 0 saturated carbocycles. The SMILES string of the molecule is CCOc1ccc(/C=C/C(=O)Nc2ccc(C(=O)O)cc2O)cc1. The van der Waals surface area contributed by atoms with Gasteiger partial charge in [-0.3, -0.25) is 4.79 Å². The Morgan fingerprint density at radius 3 is 2.46 bits per heavy atom. The third kappa shape index (κ3) is 4.61. The van der Waals surface area contributed by atoms with Crippen molar-refractivity contribution in [2.24, 2.45) is 0 Å². The molecule has 0 aliphatic rings. The third-order valence-electron chi connectivity index (χ3n) is 3.12. The molecule has 0 atom stereocenters. The van der Waals surface area contributed by atoms with Crippen LogP contribution in [0.1, 0.15) is 22.8 Å². The molecule has 0 aliphatic heterocycles. The van der Waals surface area contributed by atoms with Gasteiger partial charge in [0.25, 0.3) is 0 Å². The first kappa shape index (κ1) is 17.1. The van der Waals surface area contributed by atoms with Gasteiger partial charge in [0.05, 0.1) is 17.9 Å². The highest BCUT2D eigenvalue weighted by Crippen LogP contribution is 2.24. The molecular weight excluding hydrogens is 310 g/mol. The van der Waals surface area contributed by atoms with E-state index in [2.05, 4.69) is 5.32 Å². The van der Waals surface area contributed by atoms with Gasteiger partial charge in [0, 0.05) is 6.08 Å². The largest absolute Gasteiger partial charge is 0.506 e. The minimum absolute atomic E-state index is 0.0598. The normalized spacial score (nSPS) is 10.5. The topological polar surface area (TPSA) is 95.9 Å². The molecule has 1 amide bonds. The van der Waals surface area contributed by atoms with Crippen molar-refractivity contribution in [1.82, 2.24) is 0 Å². The second-order valence-corrected chi connectivity index (χ2v) is 4.86. The molecule has 2 rings (SSSR count). The quantitative estimate of drug-likeness (QED) is 0.559. The summed E-state index contributed by atoms with van der Waals surface area (Å²) in [5.41, 5.74) is 0.899. The first-order chi connectivity index (χ1) is 11.5. The fourth-order valence-electron chi connectivity index (χ4n) is 1.96. The van der Waals surface area contributed by atoms with Crippen molar-refractivity contribution in [3.63, 3.8) is 0 Å². The summed E-state index contributed by atoms with van der Waals surface area (Å²) in [6.07, 6.45) is 2.94. The van der Waals surface area contributed by atoms with Crippen LogP contribution in [-0.2, 0) is 4.79 Å². The number of amides is 1. The van der Waals surface area contributed by atoms with E-state index in [-0.39, 0.29) is 17.0 Å². The van der Waals surface area contributed by atoms with Crippen molar-refractivity contribution < 1.29 is 24.5 Å². The van der Waals surface area contributed by atoms with Crippen molar-refractivity contribution in [3.8, 4) is 11.5 Å². The highest BCUT2D eigenvalue weighted by Gasteiger charge is 2.08. The Morgan fingerprint density at radius 1 is 1.17 bits per heavy atom. The number of hydrogen-bond donors (Lipinski definition) is 3. The zero-order chi connectivity index (χ0) is 17.5. The van der Waals surface area contributed by atoms with Crippen molar-refractivity contribution in [3.05, 3.63) is 59.7 Å². The number of anilines is 1. The lowest BCUT2D eigenvalue weighted by Crippen LogP contribution is -2.08. The average Bonchev–Trinajstić information content (AvgIpc) is 2.56. The first-order valence-corrected chi connectivity index (χ1v) is 7.28. The lowest BCUT2D eigenvalue weighted by Gasteiger charge is -2.06. The monoisotopic (exact) mass is 327 g/mol. The zero-order valence-electron chi connectivity index (χ0n) is 13.0. The molecule has 0 aliphatic carbocycles. The van der Waals surface area contributed by atoms with Gasteiger partial charge in [-0.2, -0.15) is 0 Å². The number of rotatable bonds is 6. The van der Waals surface area contributed by atoms with Crippen molar-refractivity contribution >= 4 is 23.6 Å². The predicted octanol–water partition coefficient (Wildman–Crippen LogP) is 3.14. The second-order valence-electron chi connectivity index (χ2n) is 4.86. The molecule has 0 fully saturated rings. The summed E-state index contributed by atoms with van der Waals surface area (Å²) in [5.74, 6) is -1.15. The molecule has 2 aromatic carbocycles. The Labute approximate surface area is 139 Å². The van der Waals surface area contributed by atoms with Gasteiger partial charge < -0.3 is 20.3 Å². The molecule has 0 saturated heterocycles. The predicted molar refractivity (Wildman–Crippen MR) is 90.3 cm³/mol. The highest BCUT2D eigenvalue weighted by molar-refractivity contribution is 6.03. The van der Waals surface area contributed by atoms with Crippen LogP contribution in [0.5, 0.6) is 11.5 Å². The van der Waals surface area contributed by atoms with Crippen molar-refractivity contribution in [1.29, 1.82) is 0 Å². The van der Waals surface area contributed by atoms with E-state index < -0.39 is 11.9 Å². The Bertz CT molecular complexity index is 765. The third-order valence-corrected chi connectivity index (χ3v) is 3.12. The number of ether oxygens (including phenoxy) is 1. The number of benzene rings is 2. The van der Waals surface area contributed by atoms with E-state index in [0.29, 0.717) is 6.61 Å². The van der Waals surface area contributed by atoms with Gasteiger partial charge in [-0.05, 0) is 48.9 Å². The van der Waals surface area contributed by atoms with E-state index >= 15 is 0 Å². The molecule has 0 radical (unpaired) electrons. The minimum Gasteiger partial charge on any atom is -0.506 e. The Kier molecular flexibility index (Phi) is 5.57. The molecule has 0 bridgehead atoms. The summed E-state index contributed by atoms with van der Waals surface area (Å²) < 4.78 is 5.33. The maximum atomic E-state index is 11.9. The number of nitrogens with one attached hydrogen (secondary N) is 1. The van der Waals surface area contributed by atoms with Gasteiger partial charge in [-0.15, -0.1) is 0 Å². The number of aromatic hydroxyl groups is 1. The van der Waals surface area contributed by atoms with E-state index in [4.69, 9.17) is 9.84 Å². The van der Waals surface area contributed by atoms with Gasteiger partial charge in [0.1, 0.15) is 11.5 Å². The van der Waals surface area contributed by atoms with Crippen LogP contribution in [0.2, 0.25) is 0 Å². The highest BCUT2D eigenvalue weighted by atomic mass is 16.5. The van der Waals surface area contributed by atoms with Gasteiger partial charge in [-0.1, -0.05) is 12.1 Å². The molecule has 124 valence electrons. The van der Waals surface area contributed by atoms with Gasteiger partial charge >= 0.3 is 5.97 Å². The average molecular weight is 327 g/mol. The molecule has 3 N–H and O–H groups in total. The first-order valence-electron chi connectivity index (χ1n) is 7.28. The standard InChI is InChI=1S/C18H17NO5/c1-2-24-14-7-3-12(4-8-14)5-10-17(21)19-15-9-6-13(18(22)23)11-16(15)20/h3-11,20H,2H2,1H3,(H,19,21)(H,22,23)/b10-5+. The maximum absolute atomic E-state index is 11.9. The molecule has 2 aromatic rings. The minimum atomic E-state index is -1.15. The molecule has 6 heteroatoms. The number of aromatic carboxylic acids is 1. The molecule has 6 nitrogen and oxygen atoms in total. The number of phenolic OH excluding ortho intramolecular Hbond substituents is 1. The zero-order valence-corrected chi connectivity index (χ0v) is 13.0. The lowest BCUT2D eigenvalue weighted by atomic mass is 10.2. The van der Waals surface area contributed by atoms with E-state index in [0.717, 1.165) is 17.4 Å². The molecule has 0 spiro atoms. The summed E-state index contributed by atoms with van der Waals surface area (Å²) in [4.78, 5) is 22.7. The van der Waals surface area contributed by atoms with Crippen LogP contribution < -0.4 is 10.1 Å². The summed E-state index contributed by atoms with van der Waals surface area (Å²) in [5, 5.41) is 21.1. The number of carboxylic acids is 1. The van der Waals surface area contributed by atoms with E-state index in [1.54, 1.807) is 18.2 Å². The van der Waals surface area contributed by atoms with E-state index in [1.165, 1.54) is 18.2 Å². The van der Waals surface area contributed by atoms with Crippen LogP contribution in [0.4, 0.5) is 5.69 Å². The second kappa shape index (κ2) is 7.82. The molecule has 24 heavy (non-hydrogen) atoms. The molecule has 0 heterocycles.